The number of rotatable bonds is 2. The molecule has 0 aliphatic carbocycles. The Labute approximate surface area is 124 Å². The zero-order chi connectivity index (χ0) is 14.1. The Morgan fingerprint density at radius 1 is 1.25 bits per heavy atom. The number of aryl methyl sites for hydroxylation is 1. The van der Waals surface area contributed by atoms with E-state index in [1.54, 1.807) is 6.08 Å². The Bertz CT molecular complexity index is 852. The van der Waals surface area contributed by atoms with E-state index in [1.165, 1.54) is 15.9 Å². The fourth-order valence-electron chi connectivity index (χ4n) is 1.79. The van der Waals surface area contributed by atoms with Crippen LogP contribution in [0.4, 0.5) is 0 Å². The van der Waals surface area contributed by atoms with E-state index in [9.17, 15) is 4.79 Å². The largest absolute Gasteiger partial charge is 0.294 e. The van der Waals surface area contributed by atoms with Gasteiger partial charge in [0.05, 0.1) is 5.69 Å². The van der Waals surface area contributed by atoms with Gasteiger partial charge in [0.1, 0.15) is 10.0 Å². The topological polar surface area (TPSA) is 47.3 Å². The van der Waals surface area contributed by atoms with Crippen molar-refractivity contribution in [2.45, 2.75) is 6.92 Å². The van der Waals surface area contributed by atoms with Crippen LogP contribution in [0.2, 0.25) is 5.02 Å². The Balaban J connectivity index is 2.10. The van der Waals surface area contributed by atoms with E-state index in [0.717, 1.165) is 10.6 Å². The van der Waals surface area contributed by atoms with Crippen molar-refractivity contribution >= 4 is 40.1 Å². The first-order valence-corrected chi connectivity index (χ1v) is 7.14. The van der Waals surface area contributed by atoms with Crippen LogP contribution in [-0.2, 0) is 0 Å². The van der Waals surface area contributed by atoms with E-state index in [2.05, 4.69) is 10.1 Å². The minimum Gasteiger partial charge on any atom is -0.266 e. The standard InChI is InChI=1S/C14H10ClN3OS/c1-9-17-18-13(19)12(15)11(16-14(18)20-9)8-7-10-5-3-2-4-6-10/h2-8H,1H3. The number of hydrogen-bond acceptors (Lipinski definition) is 4. The SMILES string of the molecule is Cc1nn2c(=O)c(Cl)c(C=Cc3ccccc3)nc2s1. The third-order valence-corrected chi connectivity index (χ3v) is 3.89. The van der Waals surface area contributed by atoms with Crippen LogP contribution in [-0.4, -0.2) is 14.6 Å². The molecule has 20 heavy (non-hydrogen) atoms. The molecular weight excluding hydrogens is 294 g/mol. The summed E-state index contributed by atoms with van der Waals surface area (Å²) in [7, 11) is 0. The third kappa shape index (κ3) is 2.37. The predicted octanol–water partition coefficient (Wildman–Crippen LogP) is 3.28. The highest BCUT2D eigenvalue weighted by Crippen LogP contribution is 2.17. The molecular formula is C14H10ClN3OS. The lowest BCUT2D eigenvalue weighted by atomic mass is 10.2. The van der Waals surface area contributed by atoms with Crippen LogP contribution >= 0.6 is 22.9 Å². The van der Waals surface area contributed by atoms with E-state index in [4.69, 9.17) is 11.6 Å². The van der Waals surface area contributed by atoms with Crippen molar-refractivity contribution in [3.05, 3.63) is 62.0 Å². The van der Waals surface area contributed by atoms with Gasteiger partial charge in [-0.2, -0.15) is 9.61 Å². The number of benzene rings is 1. The zero-order valence-corrected chi connectivity index (χ0v) is 12.1. The number of aromatic nitrogens is 3. The van der Waals surface area contributed by atoms with Gasteiger partial charge >= 0.3 is 0 Å². The molecule has 0 aliphatic heterocycles. The van der Waals surface area contributed by atoms with Crippen LogP contribution in [0.1, 0.15) is 16.3 Å². The maximum atomic E-state index is 12.1. The van der Waals surface area contributed by atoms with Gasteiger partial charge < -0.3 is 0 Å². The summed E-state index contributed by atoms with van der Waals surface area (Å²) in [6.07, 6.45) is 3.62. The van der Waals surface area contributed by atoms with Crippen LogP contribution in [0.5, 0.6) is 0 Å². The molecule has 0 spiro atoms. The second kappa shape index (κ2) is 5.19. The number of fused-ring (bicyclic) bond motifs is 1. The summed E-state index contributed by atoms with van der Waals surface area (Å²) in [5, 5.41) is 4.94. The van der Waals surface area contributed by atoms with Crippen molar-refractivity contribution in [3.8, 4) is 0 Å². The van der Waals surface area contributed by atoms with Gasteiger partial charge in [-0.1, -0.05) is 59.3 Å². The lowest BCUT2D eigenvalue weighted by Crippen LogP contribution is -2.16. The summed E-state index contributed by atoms with van der Waals surface area (Å²) in [5.74, 6) is 0. The molecule has 0 saturated carbocycles. The highest BCUT2D eigenvalue weighted by molar-refractivity contribution is 7.16. The molecule has 0 aliphatic rings. The number of nitrogens with zero attached hydrogens (tertiary/aromatic N) is 3. The first kappa shape index (κ1) is 13.0. The smallest absolute Gasteiger partial charge is 0.266 e. The highest BCUT2D eigenvalue weighted by Gasteiger charge is 2.11. The summed E-state index contributed by atoms with van der Waals surface area (Å²) >= 11 is 7.42. The van der Waals surface area contributed by atoms with Crippen molar-refractivity contribution in [3.63, 3.8) is 0 Å². The fraction of sp³-hybridized carbons (Fsp3) is 0.0714. The first-order chi connectivity index (χ1) is 9.65. The molecule has 4 nitrogen and oxygen atoms in total. The van der Waals surface area contributed by atoms with Gasteiger partial charge in [-0.05, 0) is 18.6 Å². The maximum absolute atomic E-state index is 12.1. The van der Waals surface area contributed by atoms with E-state index in [1.807, 2.05) is 43.3 Å². The zero-order valence-electron chi connectivity index (χ0n) is 10.6. The molecule has 0 bridgehead atoms. The van der Waals surface area contributed by atoms with Gasteiger partial charge in [0.25, 0.3) is 5.56 Å². The first-order valence-electron chi connectivity index (χ1n) is 5.94. The molecule has 1 aromatic carbocycles. The van der Waals surface area contributed by atoms with Crippen LogP contribution in [0.3, 0.4) is 0 Å². The Morgan fingerprint density at radius 2 is 2.00 bits per heavy atom. The van der Waals surface area contributed by atoms with Gasteiger partial charge in [0.15, 0.2) is 0 Å². The van der Waals surface area contributed by atoms with Crippen LogP contribution in [0.15, 0.2) is 35.1 Å². The molecule has 0 fully saturated rings. The van der Waals surface area contributed by atoms with E-state index < -0.39 is 0 Å². The average molecular weight is 304 g/mol. The quantitative estimate of drug-likeness (QED) is 0.730. The summed E-state index contributed by atoms with van der Waals surface area (Å²) in [5.41, 5.74) is 1.14. The number of hydrogen-bond donors (Lipinski definition) is 0. The molecule has 0 amide bonds. The van der Waals surface area contributed by atoms with Gasteiger partial charge in [-0.3, -0.25) is 4.79 Å². The van der Waals surface area contributed by atoms with Crippen LogP contribution in [0.25, 0.3) is 17.1 Å². The summed E-state index contributed by atoms with van der Waals surface area (Å²) in [6, 6.07) is 9.76. The van der Waals surface area contributed by atoms with Crippen LogP contribution in [0, 0.1) is 6.92 Å². The minimum atomic E-state index is -0.339. The van der Waals surface area contributed by atoms with E-state index >= 15 is 0 Å². The summed E-state index contributed by atoms with van der Waals surface area (Å²) in [4.78, 5) is 17.0. The fourth-order valence-corrected chi connectivity index (χ4v) is 2.71. The lowest BCUT2D eigenvalue weighted by molar-refractivity contribution is 0.879. The van der Waals surface area contributed by atoms with Crippen molar-refractivity contribution in [2.75, 3.05) is 0 Å². The van der Waals surface area contributed by atoms with Crippen molar-refractivity contribution < 1.29 is 0 Å². The van der Waals surface area contributed by atoms with E-state index in [-0.39, 0.29) is 10.6 Å². The average Bonchev–Trinajstić information content (AvgIpc) is 2.83. The minimum absolute atomic E-state index is 0.0833. The second-order valence-electron chi connectivity index (χ2n) is 4.18. The molecule has 0 atom stereocenters. The van der Waals surface area contributed by atoms with Gasteiger partial charge in [0.2, 0.25) is 4.96 Å². The van der Waals surface area contributed by atoms with Gasteiger partial charge in [0, 0.05) is 0 Å². The van der Waals surface area contributed by atoms with Crippen molar-refractivity contribution in [2.24, 2.45) is 0 Å². The molecule has 6 heteroatoms. The summed E-state index contributed by atoms with van der Waals surface area (Å²) < 4.78 is 1.24. The third-order valence-electron chi connectivity index (χ3n) is 2.72. The van der Waals surface area contributed by atoms with E-state index in [0.29, 0.717) is 10.7 Å². The monoisotopic (exact) mass is 303 g/mol. The normalized spacial score (nSPS) is 11.5. The molecule has 0 saturated heterocycles. The second-order valence-corrected chi connectivity index (χ2v) is 5.71. The molecule has 3 aromatic rings. The van der Waals surface area contributed by atoms with Gasteiger partial charge in [-0.15, -0.1) is 0 Å². The van der Waals surface area contributed by atoms with Crippen molar-refractivity contribution in [1.82, 2.24) is 14.6 Å². The maximum Gasteiger partial charge on any atom is 0.294 e. The Kier molecular flexibility index (Phi) is 3.38. The molecule has 100 valence electrons. The molecule has 3 rings (SSSR count). The predicted molar refractivity (Wildman–Crippen MR) is 82.3 cm³/mol. The molecule has 2 heterocycles. The summed E-state index contributed by atoms with van der Waals surface area (Å²) in [6.45, 7) is 1.83. The van der Waals surface area contributed by atoms with Crippen molar-refractivity contribution in [1.29, 1.82) is 0 Å². The van der Waals surface area contributed by atoms with Gasteiger partial charge in [-0.25, -0.2) is 4.98 Å². The Morgan fingerprint density at radius 3 is 2.75 bits per heavy atom. The van der Waals surface area contributed by atoms with Crippen LogP contribution < -0.4 is 5.56 Å². The molecule has 0 unspecified atom stereocenters. The Hall–Kier alpha value is -1.98. The highest BCUT2D eigenvalue weighted by atomic mass is 35.5. The molecule has 2 aromatic heterocycles. The molecule has 0 radical (unpaired) electrons. The number of halogens is 1. The molecule has 0 N–H and O–H groups in total. The lowest BCUT2D eigenvalue weighted by Gasteiger charge is -1.98.